The van der Waals surface area contributed by atoms with E-state index in [-0.39, 0.29) is 55.8 Å². The maximum atomic E-state index is 12.9. The third-order valence-corrected chi connectivity index (χ3v) is 4.05. The summed E-state index contributed by atoms with van der Waals surface area (Å²) in [5, 5.41) is 14.5. The lowest BCUT2D eigenvalue weighted by molar-refractivity contribution is -0.137. The molecule has 0 saturated heterocycles. The molecule has 0 aliphatic rings. The summed E-state index contributed by atoms with van der Waals surface area (Å²) in [4.78, 5) is 31.7. The molecule has 2 rings (SSSR count). The Labute approximate surface area is 188 Å². The zero-order valence-electron chi connectivity index (χ0n) is 16.9. The summed E-state index contributed by atoms with van der Waals surface area (Å²) in [5.74, 6) is -2.00. The van der Waals surface area contributed by atoms with Crippen LogP contribution in [0.15, 0.2) is 24.3 Å². The predicted molar refractivity (Wildman–Crippen MR) is 115 cm³/mol. The molecule has 0 bridgehead atoms. The number of carbonyl (C=O) groups excluding carboxylic acids is 2. The Morgan fingerprint density at radius 2 is 2.00 bits per heavy atom. The molecule has 2 aromatic rings. The summed E-state index contributed by atoms with van der Waals surface area (Å²) >= 11 is 0. The number of hydrogen-bond acceptors (Lipinski definition) is 8. The van der Waals surface area contributed by atoms with Gasteiger partial charge in [-0.25, -0.2) is 0 Å². The second kappa shape index (κ2) is 11.5. The number of aromatic nitrogens is 2. The van der Waals surface area contributed by atoms with Crippen LogP contribution >= 0.6 is 0 Å². The van der Waals surface area contributed by atoms with E-state index in [2.05, 4.69) is 20.6 Å². The molecule has 0 fully saturated rings. The number of carbonyl (C=O) groups is 2. The first kappa shape index (κ1) is 27.0. The van der Waals surface area contributed by atoms with Crippen LogP contribution in [0.5, 0.6) is 5.88 Å². The van der Waals surface area contributed by atoms with Crippen LogP contribution in [0.25, 0.3) is 0 Å². The average Bonchev–Trinajstić information content (AvgIpc) is 2.70. The van der Waals surface area contributed by atoms with Gasteiger partial charge in [-0.05, 0) is 31.5 Å². The quantitative estimate of drug-likeness (QED) is 0.436. The number of halogens is 3. The van der Waals surface area contributed by atoms with Crippen LogP contribution in [0.2, 0.25) is 0 Å². The Balaban J connectivity index is 0.00000544. The van der Waals surface area contributed by atoms with Gasteiger partial charge in [0.2, 0.25) is 23.6 Å². The summed E-state index contributed by atoms with van der Waals surface area (Å²) in [5.41, 5.74) is 9.58. The highest BCUT2D eigenvalue weighted by atomic mass is 19.4. The van der Waals surface area contributed by atoms with Crippen molar-refractivity contribution in [2.45, 2.75) is 39.4 Å². The Bertz CT molecular complexity index is 1040. The van der Waals surface area contributed by atoms with Crippen LogP contribution in [0, 0.1) is 11.3 Å². The topological polar surface area (TPSA) is 169 Å². The van der Waals surface area contributed by atoms with Crippen molar-refractivity contribution in [2.75, 3.05) is 23.0 Å². The van der Waals surface area contributed by atoms with E-state index >= 15 is 0 Å². The molecule has 33 heavy (non-hydrogen) atoms. The minimum Gasteiger partial charge on any atom is -0.477 e. The van der Waals surface area contributed by atoms with Crippen molar-refractivity contribution >= 4 is 29.3 Å². The highest BCUT2D eigenvalue weighted by molar-refractivity contribution is 5.97. The van der Waals surface area contributed by atoms with Crippen LogP contribution in [0.3, 0.4) is 0 Å². The Hall–Kier alpha value is -4.08. The molecule has 0 aliphatic heterocycles. The summed E-state index contributed by atoms with van der Waals surface area (Å²) in [6.07, 6.45) is -4.96. The highest BCUT2D eigenvalue weighted by Gasteiger charge is 2.31. The number of ether oxygens (including phenoxy) is 1. The number of rotatable bonds is 9. The van der Waals surface area contributed by atoms with Crippen molar-refractivity contribution in [3.8, 4) is 11.9 Å². The van der Waals surface area contributed by atoms with Crippen molar-refractivity contribution in [3.63, 3.8) is 0 Å². The molecule has 6 N–H and O–H groups in total. The van der Waals surface area contributed by atoms with Crippen molar-refractivity contribution in [3.05, 3.63) is 35.4 Å². The first-order chi connectivity index (χ1) is 15.0. The third-order valence-electron chi connectivity index (χ3n) is 4.05. The van der Waals surface area contributed by atoms with Gasteiger partial charge in [0, 0.05) is 12.1 Å². The molecule has 0 unspecified atom stereocenters. The molecular formula is C20H24F3N7O3. The van der Waals surface area contributed by atoms with Gasteiger partial charge >= 0.3 is 6.18 Å². The van der Waals surface area contributed by atoms with E-state index in [1.165, 1.54) is 6.07 Å². The van der Waals surface area contributed by atoms with Crippen LogP contribution < -0.4 is 26.8 Å². The van der Waals surface area contributed by atoms with E-state index in [1.54, 1.807) is 6.92 Å². The van der Waals surface area contributed by atoms with E-state index in [9.17, 15) is 28.0 Å². The number of nitriles is 1. The number of benzene rings is 1. The molecule has 1 atom stereocenters. The number of nitrogens with zero attached hydrogens (tertiary/aromatic N) is 3. The van der Waals surface area contributed by atoms with E-state index < -0.39 is 29.6 Å². The van der Waals surface area contributed by atoms with Crippen LogP contribution in [0.4, 0.5) is 30.6 Å². The molecule has 0 saturated carbocycles. The van der Waals surface area contributed by atoms with Gasteiger partial charge in [-0.15, -0.1) is 0 Å². The first-order valence-corrected chi connectivity index (χ1v) is 9.28. The molecule has 0 radical (unpaired) electrons. The summed E-state index contributed by atoms with van der Waals surface area (Å²) in [6.45, 7) is 1.83. The van der Waals surface area contributed by atoms with Gasteiger partial charge in [-0.1, -0.05) is 13.5 Å². The number of nitrogen functional groups attached to an aromatic ring is 1. The van der Waals surface area contributed by atoms with Crippen LogP contribution in [-0.2, 0) is 15.8 Å². The standard InChI is InChI=1S/C19H20F3N7O3.CH4/c1-2-32-17-12(9-23)15(28-18(25)29-17)27-13(6-7-14(24)30)16(31)26-11-5-3-4-10(8-11)19(20,21)22;/h3-5,8,13H,2,6-7H2,1H3,(H2,24,30)(H,26,31)(H3,25,27,28,29);1H4/t13-;/m0./s1. The number of hydrogen-bond donors (Lipinski definition) is 4. The first-order valence-electron chi connectivity index (χ1n) is 9.28. The van der Waals surface area contributed by atoms with Crippen molar-refractivity contribution in [2.24, 2.45) is 5.73 Å². The lowest BCUT2D eigenvalue weighted by Crippen LogP contribution is -2.36. The van der Waals surface area contributed by atoms with Gasteiger partial charge in [0.05, 0.1) is 12.2 Å². The molecule has 178 valence electrons. The Morgan fingerprint density at radius 3 is 2.58 bits per heavy atom. The SMILES string of the molecule is C.CCOc1nc(N)nc(N[C@@H](CCC(N)=O)C(=O)Nc2cccc(C(F)(F)F)c2)c1C#N. The molecule has 1 heterocycles. The molecule has 13 heteroatoms. The summed E-state index contributed by atoms with van der Waals surface area (Å²) in [6, 6.07) is 4.67. The van der Waals surface area contributed by atoms with Crippen molar-refractivity contribution < 1.29 is 27.5 Å². The van der Waals surface area contributed by atoms with E-state index in [1.807, 2.05) is 6.07 Å². The van der Waals surface area contributed by atoms with Crippen LogP contribution in [0.1, 0.15) is 38.3 Å². The number of nitrogens with one attached hydrogen (secondary N) is 2. The van der Waals surface area contributed by atoms with E-state index in [0.717, 1.165) is 18.2 Å². The fraction of sp³-hybridized carbons (Fsp3) is 0.350. The van der Waals surface area contributed by atoms with Gasteiger partial charge < -0.3 is 26.8 Å². The largest absolute Gasteiger partial charge is 0.477 e. The van der Waals surface area contributed by atoms with Gasteiger partial charge in [0.15, 0.2) is 11.4 Å². The van der Waals surface area contributed by atoms with Crippen molar-refractivity contribution in [1.82, 2.24) is 9.97 Å². The molecule has 10 nitrogen and oxygen atoms in total. The van der Waals surface area contributed by atoms with Crippen LogP contribution in [-0.4, -0.2) is 34.4 Å². The Kier molecular flexibility index (Phi) is 9.40. The van der Waals surface area contributed by atoms with E-state index in [0.29, 0.717) is 0 Å². The fourth-order valence-electron chi connectivity index (χ4n) is 2.63. The fourth-order valence-corrected chi connectivity index (χ4v) is 2.63. The minimum absolute atomic E-state index is 0. The monoisotopic (exact) mass is 467 g/mol. The van der Waals surface area contributed by atoms with E-state index in [4.69, 9.17) is 16.2 Å². The zero-order chi connectivity index (χ0) is 23.9. The lowest BCUT2D eigenvalue weighted by atomic mass is 10.1. The number of amides is 2. The maximum Gasteiger partial charge on any atom is 0.416 e. The second-order valence-corrected chi connectivity index (χ2v) is 6.43. The molecule has 0 spiro atoms. The molecule has 1 aromatic carbocycles. The summed E-state index contributed by atoms with van der Waals surface area (Å²) in [7, 11) is 0. The minimum atomic E-state index is -4.60. The lowest BCUT2D eigenvalue weighted by Gasteiger charge is -2.20. The van der Waals surface area contributed by atoms with Gasteiger partial charge in [0.25, 0.3) is 0 Å². The normalized spacial score (nSPS) is 11.5. The zero-order valence-corrected chi connectivity index (χ0v) is 16.9. The second-order valence-electron chi connectivity index (χ2n) is 6.43. The number of nitrogens with two attached hydrogens (primary N) is 2. The molecular weight excluding hydrogens is 443 g/mol. The number of alkyl halides is 3. The number of primary amides is 1. The molecule has 2 amide bonds. The van der Waals surface area contributed by atoms with Gasteiger partial charge in [-0.3, -0.25) is 9.59 Å². The summed E-state index contributed by atoms with van der Waals surface area (Å²) < 4.78 is 44.1. The smallest absolute Gasteiger partial charge is 0.416 e. The third kappa shape index (κ3) is 7.53. The Morgan fingerprint density at radius 1 is 1.30 bits per heavy atom. The predicted octanol–water partition coefficient (Wildman–Crippen LogP) is 2.67. The number of anilines is 3. The van der Waals surface area contributed by atoms with Crippen molar-refractivity contribution in [1.29, 1.82) is 5.26 Å². The average molecular weight is 467 g/mol. The highest BCUT2D eigenvalue weighted by Crippen LogP contribution is 2.31. The van der Waals surface area contributed by atoms with Gasteiger partial charge in [-0.2, -0.15) is 28.4 Å². The molecule has 0 aliphatic carbocycles. The van der Waals surface area contributed by atoms with Gasteiger partial charge in [0.1, 0.15) is 12.1 Å². The maximum absolute atomic E-state index is 12.9. The molecule has 1 aromatic heterocycles.